The second-order valence-electron chi connectivity index (χ2n) is 3.75. The van der Waals surface area contributed by atoms with Crippen LogP contribution in [0.3, 0.4) is 0 Å². The first-order chi connectivity index (χ1) is 8.40. The zero-order valence-electron chi connectivity index (χ0n) is 9.46. The third-order valence-corrected chi connectivity index (χ3v) is 2.75. The standard InChI is InChI=1S/C13H12N4/c1-14-11-7-3-2-6-10(11)13-16-15-12-8-4-5-9-17(12)13/h2-9,14H,1H3. The molecule has 84 valence electrons. The second-order valence-corrected chi connectivity index (χ2v) is 3.75. The maximum Gasteiger partial charge on any atom is 0.170 e. The van der Waals surface area contributed by atoms with Gasteiger partial charge in [-0.05, 0) is 24.3 Å². The summed E-state index contributed by atoms with van der Waals surface area (Å²) in [5, 5.41) is 11.6. The van der Waals surface area contributed by atoms with Gasteiger partial charge >= 0.3 is 0 Å². The molecule has 0 amide bonds. The van der Waals surface area contributed by atoms with Crippen LogP contribution >= 0.6 is 0 Å². The van der Waals surface area contributed by atoms with Crippen molar-refractivity contribution in [1.82, 2.24) is 14.6 Å². The van der Waals surface area contributed by atoms with Crippen molar-refractivity contribution in [2.45, 2.75) is 0 Å². The second kappa shape index (κ2) is 3.90. The van der Waals surface area contributed by atoms with Gasteiger partial charge in [0.25, 0.3) is 0 Å². The minimum atomic E-state index is 0.852. The molecule has 2 heterocycles. The summed E-state index contributed by atoms with van der Waals surface area (Å²) in [6.45, 7) is 0. The number of hydrogen-bond donors (Lipinski definition) is 1. The van der Waals surface area contributed by atoms with E-state index in [9.17, 15) is 0 Å². The van der Waals surface area contributed by atoms with Gasteiger partial charge in [-0.3, -0.25) is 4.40 Å². The molecule has 0 atom stereocenters. The molecule has 4 heteroatoms. The molecular formula is C13H12N4. The van der Waals surface area contributed by atoms with Crippen LogP contribution < -0.4 is 5.32 Å². The predicted molar refractivity (Wildman–Crippen MR) is 68.0 cm³/mol. The Bertz CT molecular complexity index is 657. The highest BCUT2D eigenvalue weighted by Crippen LogP contribution is 2.25. The lowest BCUT2D eigenvalue weighted by Gasteiger charge is -2.06. The normalized spacial score (nSPS) is 10.6. The van der Waals surface area contributed by atoms with Gasteiger partial charge in [-0.25, -0.2) is 0 Å². The molecule has 0 unspecified atom stereocenters. The molecule has 2 aromatic heterocycles. The number of rotatable bonds is 2. The van der Waals surface area contributed by atoms with E-state index >= 15 is 0 Å². The molecule has 0 saturated heterocycles. The van der Waals surface area contributed by atoms with Crippen molar-refractivity contribution >= 4 is 11.3 Å². The summed E-state index contributed by atoms with van der Waals surface area (Å²) in [4.78, 5) is 0. The van der Waals surface area contributed by atoms with Gasteiger partial charge in [-0.15, -0.1) is 10.2 Å². The maximum atomic E-state index is 4.25. The number of hydrogen-bond acceptors (Lipinski definition) is 3. The van der Waals surface area contributed by atoms with E-state index in [2.05, 4.69) is 15.5 Å². The van der Waals surface area contributed by atoms with Gasteiger partial charge in [0.15, 0.2) is 11.5 Å². The fourth-order valence-corrected chi connectivity index (χ4v) is 1.92. The van der Waals surface area contributed by atoms with Gasteiger partial charge in [0.1, 0.15) is 0 Å². The fourth-order valence-electron chi connectivity index (χ4n) is 1.92. The number of nitrogens with one attached hydrogen (secondary N) is 1. The monoisotopic (exact) mass is 224 g/mol. The van der Waals surface area contributed by atoms with E-state index in [4.69, 9.17) is 0 Å². The maximum absolute atomic E-state index is 4.25. The van der Waals surface area contributed by atoms with Crippen LogP contribution in [-0.4, -0.2) is 21.6 Å². The Balaban J connectivity index is 2.27. The number of pyridine rings is 1. The van der Waals surface area contributed by atoms with Crippen molar-refractivity contribution in [3.63, 3.8) is 0 Å². The Morgan fingerprint density at radius 2 is 1.82 bits per heavy atom. The molecule has 0 saturated carbocycles. The molecule has 0 aliphatic rings. The van der Waals surface area contributed by atoms with Crippen LogP contribution in [0.15, 0.2) is 48.7 Å². The average molecular weight is 224 g/mol. The van der Waals surface area contributed by atoms with E-state index < -0.39 is 0 Å². The van der Waals surface area contributed by atoms with Crippen molar-refractivity contribution in [3.8, 4) is 11.4 Å². The van der Waals surface area contributed by atoms with Crippen molar-refractivity contribution in [2.24, 2.45) is 0 Å². The van der Waals surface area contributed by atoms with E-state index in [1.54, 1.807) is 0 Å². The van der Waals surface area contributed by atoms with Gasteiger partial charge in [-0.2, -0.15) is 0 Å². The van der Waals surface area contributed by atoms with Gasteiger partial charge in [0.05, 0.1) is 0 Å². The van der Waals surface area contributed by atoms with Crippen LogP contribution in [0.2, 0.25) is 0 Å². The van der Waals surface area contributed by atoms with E-state index in [0.717, 1.165) is 22.7 Å². The highest BCUT2D eigenvalue weighted by Gasteiger charge is 2.10. The number of fused-ring (bicyclic) bond motifs is 1. The molecular weight excluding hydrogens is 212 g/mol. The van der Waals surface area contributed by atoms with Crippen LogP contribution in [-0.2, 0) is 0 Å². The van der Waals surface area contributed by atoms with Crippen molar-refractivity contribution in [3.05, 3.63) is 48.7 Å². The molecule has 1 aromatic carbocycles. The third kappa shape index (κ3) is 1.54. The Kier molecular flexibility index (Phi) is 2.26. The Hall–Kier alpha value is -2.36. The van der Waals surface area contributed by atoms with Crippen molar-refractivity contribution in [1.29, 1.82) is 0 Å². The average Bonchev–Trinajstić information content (AvgIpc) is 2.82. The van der Waals surface area contributed by atoms with E-state index in [1.165, 1.54) is 0 Å². The fraction of sp³-hybridized carbons (Fsp3) is 0.0769. The smallest absolute Gasteiger partial charge is 0.170 e. The lowest BCUT2D eigenvalue weighted by atomic mass is 10.1. The first-order valence-corrected chi connectivity index (χ1v) is 5.47. The first-order valence-electron chi connectivity index (χ1n) is 5.47. The SMILES string of the molecule is CNc1ccccc1-c1nnc2ccccn12. The Labute approximate surface area is 98.9 Å². The highest BCUT2D eigenvalue weighted by atomic mass is 15.2. The van der Waals surface area contributed by atoms with Crippen LogP contribution in [0.25, 0.3) is 17.0 Å². The van der Waals surface area contributed by atoms with Crippen LogP contribution in [0.5, 0.6) is 0 Å². The summed E-state index contributed by atoms with van der Waals surface area (Å²) in [6, 6.07) is 13.9. The van der Waals surface area contributed by atoms with Crippen LogP contribution in [0.1, 0.15) is 0 Å². The minimum Gasteiger partial charge on any atom is -0.388 e. The summed E-state index contributed by atoms with van der Waals surface area (Å²) in [5.74, 6) is 0.852. The highest BCUT2D eigenvalue weighted by molar-refractivity contribution is 5.74. The lowest BCUT2D eigenvalue weighted by Crippen LogP contribution is -1.95. The molecule has 0 fully saturated rings. The molecule has 3 rings (SSSR count). The number of anilines is 1. The number of aromatic nitrogens is 3. The quantitative estimate of drug-likeness (QED) is 0.727. The molecule has 0 spiro atoms. The summed E-state index contributed by atoms with van der Waals surface area (Å²) < 4.78 is 1.98. The largest absolute Gasteiger partial charge is 0.388 e. The van der Waals surface area contributed by atoms with Crippen molar-refractivity contribution in [2.75, 3.05) is 12.4 Å². The molecule has 17 heavy (non-hydrogen) atoms. The van der Waals surface area contributed by atoms with Gasteiger partial charge < -0.3 is 5.32 Å². The summed E-state index contributed by atoms with van der Waals surface area (Å²) in [7, 11) is 1.90. The molecule has 3 aromatic rings. The van der Waals surface area contributed by atoms with Crippen LogP contribution in [0.4, 0.5) is 5.69 Å². The molecule has 0 aliphatic heterocycles. The zero-order valence-corrected chi connectivity index (χ0v) is 9.46. The van der Waals surface area contributed by atoms with E-state index in [-0.39, 0.29) is 0 Å². The summed E-state index contributed by atoms with van der Waals surface area (Å²) in [5.41, 5.74) is 2.95. The van der Waals surface area contributed by atoms with Gasteiger partial charge in [0, 0.05) is 24.5 Å². The third-order valence-electron chi connectivity index (χ3n) is 2.75. The molecule has 1 N–H and O–H groups in total. The summed E-state index contributed by atoms with van der Waals surface area (Å²) >= 11 is 0. The first kappa shape index (κ1) is 9.84. The molecule has 0 aliphatic carbocycles. The molecule has 0 bridgehead atoms. The Morgan fingerprint density at radius 1 is 1.00 bits per heavy atom. The Morgan fingerprint density at radius 3 is 2.71 bits per heavy atom. The topological polar surface area (TPSA) is 42.2 Å². The zero-order chi connectivity index (χ0) is 11.7. The molecule has 4 nitrogen and oxygen atoms in total. The predicted octanol–water partition coefficient (Wildman–Crippen LogP) is 2.44. The van der Waals surface area contributed by atoms with Gasteiger partial charge in [-0.1, -0.05) is 18.2 Å². The van der Waals surface area contributed by atoms with Crippen molar-refractivity contribution < 1.29 is 0 Å². The summed E-state index contributed by atoms with van der Waals surface area (Å²) in [6.07, 6.45) is 1.97. The van der Waals surface area contributed by atoms with Crippen LogP contribution in [0, 0.1) is 0 Å². The number of nitrogens with zero attached hydrogens (tertiary/aromatic N) is 3. The van der Waals surface area contributed by atoms with E-state index in [0.29, 0.717) is 0 Å². The number of benzene rings is 1. The van der Waals surface area contributed by atoms with E-state index in [1.807, 2.05) is 60.1 Å². The van der Waals surface area contributed by atoms with Gasteiger partial charge in [0.2, 0.25) is 0 Å². The lowest BCUT2D eigenvalue weighted by molar-refractivity contribution is 1.11. The minimum absolute atomic E-state index is 0.852. The molecule has 0 radical (unpaired) electrons. The number of para-hydroxylation sites is 1.